The van der Waals surface area contributed by atoms with E-state index in [9.17, 15) is 4.79 Å². The van der Waals surface area contributed by atoms with Crippen molar-refractivity contribution in [2.45, 2.75) is 32.0 Å². The van der Waals surface area contributed by atoms with E-state index in [1.807, 2.05) is 61.5 Å². The van der Waals surface area contributed by atoms with Gasteiger partial charge in [-0.25, -0.2) is 0 Å². The second-order valence-corrected chi connectivity index (χ2v) is 7.64. The highest BCUT2D eigenvalue weighted by Crippen LogP contribution is 2.23. The zero-order valence-electron chi connectivity index (χ0n) is 15.7. The van der Waals surface area contributed by atoms with Crippen LogP contribution in [0.3, 0.4) is 0 Å². The summed E-state index contributed by atoms with van der Waals surface area (Å²) in [4.78, 5) is 12.5. The Labute approximate surface area is 163 Å². The van der Waals surface area contributed by atoms with Crippen LogP contribution >= 0.6 is 11.8 Å². The summed E-state index contributed by atoms with van der Waals surface area (Å²) >= 11 is 1.32. The van der Waals surface area contributed by atoms with Gasteiger partial charge in [-0.1, -0.05) is 73.6 Å². The molecule has 1 aromatic heterocycles. The number of thioether (sulfide) groups is 1. The van der Waals surface area contributed by atoms with E-state index in [2.05, 4.69) is 34.7 Å². The third-order valence-electron chi connectivity index (χ3n) is 4.19. The Morgan fingerprint density at radius 2 is 1.81 bits per heavy atom. The average molecular weight is 382 g/mol. The van der Waals surface area contributed by atoms with Gasteiger partial charge in [-0.05, 0) is 41.0 Å². The molecule has 2 aromatic carbocycles. The molecule has 3 aromatic rings. The Kier molecular flexibility index (Phi) is 6.24. The number of tetrazole rings is 1. The summed E-state index contributed by atoms with van der Waals surface area (Å²) in [5, 5.41) is 15.5. The van der Waals surface area contributed by atoms with Gasteiger partial charge in [0.05, 0.1) is 17.5 Å². The Bertz CT molecular complexity index is 877. The van der Waals surface area contributed by atoms with Crippen LogP contribution in [0.1, 0.15) is 31.0 Å². The fourth-order valence-corrected chi connectivity index (χ4v) is 3.46. The van der Waals surface area contributed by atoms with E-state index < -0.39 is 0 Å². The minimum Gasteiger partial charge on any atom is -0.348 e. The maximum Gasteiger partial charge on any atom is 0.230 e. The number of benzene rings is 2. The maximum atomic E-state index is 12.5. The molecule has 1 atom stereocenters. The number of carbonyl (C=O) groups excluding carboxylic acids is 1. The van der Waals surface area contributed by atoms with Crippen LogP contribution in [0.2, 0.25) is 0 Å². The molecule has 0 aliphatic rings. The van der Waals surface area contributed by atoms with Gasteiger partial charge in [0.15, 0.2) is 0 Å². The Morgan fingerprint density at radius 1 is 1.11 bits per heavy atom. The first-order chi connectivity index (χ1) is 13.0. The lowest BCUT2D eigenvalue weighted by atomic mass is 9.96. The average Bonchev–Trinajstić information content (AvgIpc) is 3.14. The molecule has 0 aliphatic heterocycles. The number of rotatable bonds is 7. The molecule has 6 nitrogen and oxygen atoms in total. The molecule has 0 radical (unpaired) electrons. The lowest BCUT2D eigenvalue weighted by Crippen LogP contribution is -2.33. The summed E-state index contributed by atoms with van der Waals surface area (Å²) in [6.07, 6.45) is 0. The third-order valence-corrected chi connectivity index (χ3v) is 5.11. The molecule has 0 aliphatic carbocycles. The summed E-state index contributed by atoms with van der Waals surface area (Å²) in [6, 6.07) is 17.9. The summed E-state index contributed by atoms with van der Waals surface area (Å²) in [5.74, 6) is 0.502. The van der Waals surface area contributed by atoms with E-state index in [1.165, 1.54) is 17.3 Å². The maximum absolute atomic E-state index is 12.5. The molecule has 27 heavy (non-hydrogen) atoms. The van der Waals surface area contributed by atoms with Crippen molar-refractivity contribution in [1.82, 2.24) is 25.5 Å². The minimum atomic E-state index is -0.0407. The van der Waals surface area contributed by atoms with Gasteiger partial charge in [0.25, 0.3) is 0 Å². The van der Waals surface area contributed by atoms with Crippen molar-refractivity contribution in [1.29, 1.82) is 0 Å². The van der Waals surface area contributed by atoms with Crippen LogP contribution in [0.4, 0.5) is 0 Å². The largest absolute Gasteiger partial charge is 0.348 e. The zero-order chi connectivity index (χ0) is 19.2. The van der Waals surface area contributed by atoms with Gasteiger partial charge in [0.2, 0.25) is 11.1 Å². The van der Waals surface area contributed by atoms with Crippen LogP contribution < -0.4 is 5.32 Å². The first kappa shape index (κ1) is 19.1. The number of aryl methyl sites for hydroxylation is 1. The monoisotopic (exact) mass is 381 g/mol. The molecule has 1 N–H and O–H groups in total. The summed E-state index contributed by atoms with van der Waals surface area (Å²) in [7, 11) is 0. The standard InChI is InChI=1S/C20H23N5OS/c1-14(2)19(16-7-5-4-6-8-16)21-18(26)13-27-20-22-23-24-25(20)17-11-9-15(3)10-12-17/h4-12,14,19H,13H2,1-3H3,(H,21,26). The van der Waals surface area contributed by atoms with E-state index in [0.29, 0.717) is 11.1 Å². The number of hydrogen-bond donors (Lipinski definition) is 1. The van der Waals surface area contributed by atoms with E-state index in [1.54, 1.807) is 4.68 Å². The fraction of sp³-hybridized carbons (Fsp3) is 0.300. The van der Waals surface area contributed by atoms with Gasteiger partial charge in [-0.3, -0.25) is 4.79 Å². The highest BCUT2D eigenvalue weighted by Gasteiger charge is 2.19. The molecule has 1 unspecified atom stereocenters. The Morgan fingerprint density at radius 3 is 2.48 bits per heavy atom. The molecule has 0 bridgehead atoms. The molecular weight excluding hydrogens is 358 g/mol. The van der Waals surface area contributed by atoms with Crippen LogP contribution in [0.5, 0.6) is 0 Å². The number of aromatic nitrogens is 4. The topological polar surface area (TPSA) is 72.7 Å². The van der Waals surface area contributed by atoms with Crippen LogP contribution in [0, 0.1) is 12.8 Å². The highest BCUT2D eigenvalue weighted by molar-refractivity contribution is 7.99. The van der Waals surface area contributed by atoms with Crippen molar-refractivity contribution in [2.24, 2.45) is 5.92 Å². The zero-order valence-corrected chi connectivity index (χ0v) is 16.5. The molecule has 1 heterocycles. The Balaban J connectivity index is 1.64. The predicted molar refractivity (Wildman–Crippen MR) is 107 cm³/mol. The molecule has 1 amide bonds. The number of amides is 1. The van der Waals surface area contributed by atoms with Crippen molar-refractivity contribution in [3.8, 4) is 5.69 Å². The van der Waals surface area contributed by atoms with Crippen LogP contribution in [0.25, 0.3) is 5.69 Å². The predicted octanol–water partition coefficient (Wildman–Crippen LogP) is 3.58. The smallest absolute Gasteiger partial charge is 0.230 e. The molecule has 0 saturated heterocycles. The summed E-state index contributed by atoms with van der Waals surface area (Å²) in [5.41, 5.74) is 3.15. The van der Waals surface area contributed by atoms with Gasteiger partial charge in [0, 0.05) is 0 Å². The van der Waals surface area contributed by atoms with Crippen molar-refractivity contribution in [3.05, 3.63) is 65.7 Å². The van der Waals surface area contributed by atoms with E-state index in [-0.39, 0.29) is 17.7 Å². The molecule has 0 spiro atoms. The first-order valence-electron chi connectivity index (χ1n) is 8.87. The molecule has 3 rings (SSSR count). The van der Waals surface area contributed by atoms with Gasteiger partial charge in [-0.15, -0.1) is 5.10 Å². The number of nitrogens with zero attached hydrogens (tertiary/aromatic N) is 4. The highest BCUT2D eigenvalue weighted by atomic mass is 32.2. The lowest BCUT2D eigenvalue weighted by Gasteiger charge is -2.22. The fourth-order valence-electron chi connectivity index (χ4n) is 2.76. The Hall–Kier alpha value is -2.67. The van der Waals surface area contributed by atoms with Gasteiger partial charge in [0.1, 0.15) is 0 Å². The summed E-state index contributed by atoms with van der Waals surface area (Å²) < 4.78 is 1.65. The van der Waals surface area contributed by atoms with Crippen molar-refractivity contribution in [2.75, 3.05) is 5.75 Å². The molecule has 7 heteroatoms. The summed E-state index contributed by atoms with van der Waals surface area (Å²) in [6.45, 7) is 6.23. The van der Waals surface area contributed by atoms with Crippen molar-refractivity contribution in [3.63, 3.8) is 0 Å². The first-order valence-corrected chi connectivity index (χ1v) is 9.85. The lowest BCUT2D eigenvalue weighted by molar-refractivity contribution is -0.119. The van der Waals surface area contributed by atoms with E-state index in [0.717, 1.165) is 11.3 Å². The van der Waals surface area contributed by atoms with E-state index >= 15 is 0 Å². The van der Waals surface area contributed by atoms with Gasteiger partial charge >= 0.3 is 0 Å². The molecule has 140 valence electrons. The van der Waals surface area contributed by atoms with Crippen LogP contribution in [-0.2, 0) is 4.79 Å². The van der Waals surface area contributed by atoms with Crippen LogP contribution in [-0.4, -0.2) is 31.9 Å². The van der Waals surface area contributed by atoms with Crippen LogP contribution in [0.15, 0.2) is 59.8 Å². The molecular formula is C20H23N5OS. The SMILES string of the molecule is Cc1ccc(-n2nnnc2SCC(=O)NC(c2ccccc2)C(C)C)cc1. The van der Waals surface area contributed by atoms with Crippen molar-refractivity contribution >= 4 is 17.7 Å². The van der Waals surface area contributed by atoms with Gasteiger partial charge in [-0.2, -0.15) is 4.68 Å². The number of hydrogen-bond acceptors (Lipinski definition) is 5. The van der Waals surface area contributed by atoms with Gasteiger partial charge < -0.3 is 5.32 Å². The number of nitrogens with one attached hydrogen (secondary N) is 1. The quantitative estimate of drug-likeness (QED) is 0.633. The second kappa shape index (κ2) is 8.81. The normalized spacial score (nSPS) is 12.1. The van der Waals surface area contributed by atoms with E-state index in [4.69, 9.17) is 0 Å². The van der Waals surface area contributed by atoms with Crippen molar-refractivity contribution < 1.29 is 4.79 Å². The second-order valence-electron chi connectivity index (χ2n) is 6.70. The molecule has 0 fully saturated rings. The minimum absolute atomic E-state index is 0.0209. The third kappa shape index (κ3) is 4.95. The molecule has 0 saturated carbocycles. The number of carbonyl (C=O) groups is 1.